The lowest BCUT2D eigenvalue weighted by Crippen LogP contribution is -2.35. The Bertz CT molecular complexity index is 550. The number of hydrogen-bond donors (Lipinski definition) is 1. The Morgan fingerprint density at radius 1 is 1.28 bits per heavy atom. The number of hydrogen-bond acceptors (Lipinski definition) is 4. The zero-order chi connectivity index (χ0) is 13.3. The van der Waals surface area contributed by atoms with Crippen molar-refractivity contribution in [3.63, 3.8) is 0 Å². The molecule has 2 amide bonds. The zero-order valence-corrected chi connectivity index (χ0v) is 10.1. The fraction of sp³-hybridized carbons (Fsp3) is 0.417. The van der Waals surface area contributed by atoms with Crippen molar-refractivity contribution in [1.82, 2.24) is 9.47 Å². The Balaban J connectivity index is 2.08. The molecule has 0 spiro atoms. The highest BCUT2D eigenvalue weighted by atomic mass is 16.2. The number of pyridine rings is 1. The van der Waals surface area contributed by atoms with Crippen LogP contribution in [0, 0.1) is 5.92 Å². The molecule has 0 aromatic carbocycles. The molecule has 6 heteroatoms. The van der Waals surface area contributed by atoms with Gasteiger partial charge in [-0.15, -0.1) is 0 Å². The Morgan fingerprint density at radius 3 is 2.61 bits per heavy atom. The smallest absolute Gasteiger partial charge is 0.250 e. The number of nitrogens with zero attached hydrogens (tertiary/aromatic N) is 2. The molecular weight excluding hydrogens is 234 g/mol. The first-order chi connectivity index (χ1) is 8.49. The SMILES string of the molecule is CC1CC(=O)N(CCn2cc(N)ccc2=O)C1=O. The van der Waals surface area contributed by atoms with Crippen molar-refractivity contribution in [1.29, 1.82) is 0 Å². The largest absolute Gasteiger partial charge is 0.398 e. The summed E-state index contributed by atoms with van der Waals surface area (Å²) in [5, 5.41) is 0. The maximum absolute atomic E-state index is 11.7. The molecule has 0 bridgehead atoms. The number of likely N-dealkylation sites (tertiary alicyclic amines) is 1. The van der Waals surface area contributed by atoms with Crippen LogP contribution in [0.5, 0.6) is 0 Å². The van der Waals surface area contributed by atoms with Gasteiger partial charge in [-0.1, -0.05) is 6.92 Å². The molecule has 2 rings (SSSR count). The molecule has 1 fully saturated rings. The molecule has 0 radical (unpaired) electrons. The summed E-state index contributed by atoms with van der Waals surface area (Å²) in [5.74, 6) is -0.600. The van der Waals surface area contributed by atoms with Crippen LogP contribution in [-0.4, -0.2) is 27.8 Å². The predicted octanol–water partition coefficient (Wildman–Crippen LogP) is -0.175. The van der Waals surface area contributed by atoms with Crippen molar-refractivity contribution < 1.29 is 9.59 Å². The van der Waals surface area contributed by atoms with Gasteiger partial charge in [0.25, 0.3) is 5.56 Å². The molecule has 6 nitrogen and oxygen atoms in total. The van der Waals surface area contributed by atoms with Gasteiger partial charge in [0.15, 0.2) is 0 Å². The van der Waals surface area contributed by atoms with Crippen molar-refractivity contribution in [2.75, 3.05) is 12.3 Å². The molecule has 2 heterocycles. The molecule has 1 atom stereocenters. The first-order valence-corrected chi connectivity index (χ1v) is 5.79. The van der Waals surface area contributed by atoms with Crippen LogP contribution < -0.4 is 11.3 Å². The zero-order valence-electron chi connectivity index (χ0n) is 10.1. The van der Waals surface area contributed by atoms with Crippen LogP contribution in [0.1, 0.15) is 13.3 Å². The number of rotatable bonds is 3. The van der Waals surface area contributed by atoms with E-state index >= 15 is 0 Å². The molecule has 1 unspecified atom stereocenters. The van der Waals surface area contributed by atoms with Crippen molar-refractivity contribution in [3.8, 4) is 0 Å². The second kappa shape index (κ2) is 4.64. The Kier molecular flexibility index (Phi) is 3.18. The van der Waals surface area contributed by atoms with E-state index in [1.807, 2.05) is 0 Å². The van der Waals surface area contributed by atoms with E-state index in [0.717, 1.165) is 0 Å². The van der Waals surface area contributed by atoms with Crippen LogP contribution in [0.2, 0.25) is 0 Å². The molecular formula is C12H15N3O3. The van der Waals surface area contributed by atoms with E-state index in [9.17, 15) is 14.4 Å². The lowest BCUT2D eigenvalue weighted by Gasteiger charge is -2.15. The highest BCUT2D eigenvalue weighted by Gasteiger charge is 2.34. The predicted molar refractivity (Wildman–Crippen MR) is 65.6 cm³/mol. The van der Waals surface area contributed by atoms with Crippen LogP contribution in [-0.2, 0) is 16.1 Å². The van der Waals surface area contributed by atoms with Crippen molar-refractivity contribution in [2.45, 2.75) is 19.9 Å². The number of aromatic nitrogens is 1. The van der Waals surface area contributed by atoms with Crippen molar-refractivity contribution in [2.24, 2.45) is 5.92 Å². The lowest BCUT2D eigenvalue weighted by molar-refractivity contribution is -0.139. The van der Waals surface area contributed by atoms with Crippen LogP contribution in [0.3, 0.4) is 0 Å². The first kappa shape index (κ1) is 12.3. The molecule has 96 valence electrons. The average Bonchev–Trinajstić information content (AvgIpc) is 2.55. The fourth-order valence-electron chi connectivity index (χ4n) is 2.02. The molecule has 1 aromatic rings. The van der Waals surface area contributed by atoms with Crippen molar-refractivity contribution >= 4 is 17.5 Å². The second-order valence-corrected chi connectivity index (χ2v) is 4.48. The molecule has 0 aliphatic carbocycles. The van der Waals surface area contributed by atoms with E-state index in [-0.39, 0.29) is 42.8 Å². The van der Waals surface area contributed by atoms with Gasteiger partial charge in [-0.2, -0.15) is 0 Å². The molecule has 1 aromatic heterocycles. The number of anilines is 1. The average molecular weight is 249 g/mol. The van der Waals surface area contributed by atoms with E-state index in [0.29, 0.717) is 5.69 Å². The van der Waals surface area contributed by atoms with E-state index in [4.69, 9.17) is 5.73 Å². The third kappa shape index (κ3) is 2.27. The van der Waals surface area contributed by atoms with E-state index in [2.05, 4.69) is 0 Å². The molecule has 2 N–H and O–H groups in total. The number of amides is 2. The maximum atomic E-state index is 11.7. The molecule has 1 aliphatic rings. The Labute approximate surface area is 104 Å². The monoisotopic (exact) mass is 249 g/mol. The number of imide groups is 1. The van der Waals surface area contributed by atoms with Gasteiger partial charge in [0.2, 0.25) is 11.8 Å². The van der Waals surface area contributed by atoms with Crippen LogP contribution in [0.15, 0.2) is 23.1 Å². The first-order valence-electron chi connectivity index (χ1n) is 5.79. The number of nitrogens with two attached hydrogens (primary N) is 1. The fourth-order valence-corrected chi connectivity index (χ4v) is 2.02. The minimum absolute atomic E-state index is 0.169. The summed E-state index contributed by atoms with van der Waals surface area (Å²) in [6.07, 6.45) is 1.77. The van der Waals surface area contributed by atoms with Gasteiger partial charge >= 0.3 is 0 Å². The molecule has 1 aliphatic heterocycles. The Morgan fingerprint density at radius 2 is 2.00 bits per heavy atom. The van der Waals surface area contributed by atoms with Crippen molar-refractivity contribution in [3.05, 3.63) is 28.7 Å². The summed E-state index contributed by atoms with van der Waals surface area (Å²) >= 11 is 0. The highest BCUT2D eigenvalue weighted by Crippen LogP contribution is 2.18. The van der Waals surface area contributed by atoms with E-state index in [1.165, 1.54) is 27.8 Å². The highest BCUT2D eigenvalue weighted by molar-refractivity contribution is 6.03. The number of carbonyl (C=O) groups is 2. The summed E-state index contributed by atoms with van der Waals surface area (Å²) < 4.78 is 1.40. The van der Waals surface area contributed by atoms with Gasteiger partial charge in [0.05, 0.1) is 0 Å². The van der Waals surface area contributed by atoms with Crippen LogP contribution >= 0.6 is 0 Å². The summed E-state index contributed by atoms with van der Waals surface area (Å²) in [6, 6.07) is 2.89. The minimum Gasteiger partial charge on any atom is -0.398 e. The summed E-state index contributed by atoms with van der Waals surface area (Å²) in [4.78, 5) is 36.0. The number of carbonyl (C=O) groups excluding carboxylic acids is 2. The third-order valence-electron chi connectivity index (χ3n) is 3.04. The molecule has 0 saturated carbocycles. The summed E-state index contributed by atoms with van der Waals surface area (Å²) in [6.45, 7) is 2.21. The number of nitrogen functional groups attached to an aromatic ring is 1. The van der Waals surface area contributed by atoms with Gasteiger partial charge in [-0.25, -0.2) is 0 Å². The lowest BCUT2D eigenvalue weighted by atomic mass is 10.1. The molecule has 18 heavy (non-hydrogen) atoms. The minimum atomic E-state index is -0.255. The van der Waals surface area contributed by atoms with Gasteiger partial charge in [-0.05, 0) is 6.07 Å². The normalized spacial score (nSPS) is 19.6. The summed E-state index contributed by atoms with van der Waals surface area (Å²) in [7, 11) is 0. The van der Waals surface area contributed by atoms with Gasteiger partial charge < -0.3 is 10.3 Å². The van der Waals surface area contributed by atoms with Crippen LogP contribution in [0.4, 0.5) is 5.69 Å². The standard InChI is InChI=1S/C12H15N3O3/c1-8-6-11(17)15(12(8)18)5-4-14-7-9(13)2-3-10(14)16/h2-3,7-8H,4-6,13H2,1H3. The van der Waals surface area contributed by atoms with Gasteiger partial charge in [-0.3, -0.25) is 19.3 Å². The summed E-state index contributed by atoms with van der Waals surface area (Å²) in [5.41, 5.74) is 5.86. The van der Waals surface area contributed by atoms with Gasteiger partial charge in [0.1, 0.15) is 0 Å². The van der Waals surface area contributed by atoms with Crippen LogP contribution in [0.25, 0.3) is 0 Å². The third-order valence-corrected chi connectivity index (χ3v) is 3.04. The van der Waals surface area contributed by atoms with Gasteiger partial charge in [0, 0.05) is 43.4 Å². The quantitative estimate of drug-likeness (QED) is 0.753. The second-order valence-electron chi connectivity index (χ2n) is 4.48. The van der Waals surface area contributed by atoms with E-state index in [1.54, 1.807) is 6.92 Å². The topological polar surface area (TPSA) is 85.4 Å². The Hall–Kier alpha value is -2.11. The molecule has 1 saturated heterocycles. The van der Waals surface area contributed by atoms with E-state index < -0.39 is 0 Å². The maximum Gasteiger partial charge on any atom is 0.250 e.